The smallest absolute Gasteiger partial charge is 0.247 e. The first kappa shape index (κ1) is 29.2. The molecule has 2 saturated heterocycles. The number of aromatic nitrogens is 4. The fourth-order valence-electron chi connectivity index (χ4n) is 7.33. The van der Waals surface area contributed by atoms with E-state index in [1.54, 1.807) is 13.3 Å². The summed E-state index contributed by atoms with van der Waals surface area (Å²) in [5.74, 6) is 1.97. The highest BCUT2D eigenvalue weighted by Gasteiger charge is 2.39. The summed E-state index contributed by atoms with van der Waals surface area (Å²) in [5, 5.41) is 7.60. The number of benzene rings is 2. The van der Waals surface area contributed by atoms with E-state index < -0.39 is 0 Å². The van der Waals surface area contributed by atoms with Crippen LogP contribution < -0.4 is 20.3 Å². The van der Waals surface area contributed by atoms with Crippen molar-refractivity contribution < 1.29 is 9.53 Å². The standard InChI is InChI=1S/C37H38N8O2/c1-4-35(46)40-30-15-31(34(47-3)16-33(30)44-20-23-18-43(2)19-24(23)21-44)41-37-39-17-27(29-10-7-8-14-38-29)36(42-37)28-22-45(25-12-13-25)32-11-6-5-9-26(28)32/h4-11,14-17,22-25H,1,12-13,18-21H2,2-3H3,(H,40,46)(H,39,41,42). The molecule has 3 fully saturated rings. The van der Waals surface area contributed by atoms with Gasteiger partial charge in [0.15, 0.2) is 0 Å². The molecule has 5 heterocycles. The minimum Gasteiger partial charge on any atom is -0.494 e. The van der Waals surface area contributed by atoms with Crippen molar-refractivity contribution in [2.75, 3.05) is 55.9 Å². The summed E-state index contributed by atoms with van der Waals surface area (Å²) in [6.45, 7) is 7.70. The number of para-hydroxylation sites is 1. The van der Waals surface area contributed by atoms with E-state index in [0.29, 0.717) is 41.0 Å². The third-order valence-electron chi connectivity index (χ3n) is 9.68. The maximum absolute atomic E-state index is 12.6. The molecular weight excluding hydrogens is 588 g/mol. The van der Waals surface area contributed by atoms with Gasteiger partial charge in [0.05, 0.1) is 35.6 Å². The highest BCUT2D eigenvalue weighted by Crippen LogP contribution is 2.44. The van der Waals surface area contributed by atoms with Crippen LogP contribution in [0.1, 0.15) is 18.9 Å². The molecule has 2 unspecified atom stereocenters. The zero-order valence-corrected chi connectivity index (χ0v) is 26.7. The lowest BCUT2D eigenvalue weighted by Gasteiger charge is -2.26. The highest BCUT2D eigenvalue weighted by atomic mass is 16.5. The monoisotopic (exact) mass is 626 g/mol. The van der Waals surface area contributed by atoms with Gasteiger partial charge in [-0.3, -0.25) is 9.78 Å². The SMILES string of the molecule is C=CC(=O)Nc1cc(Nc2ncc(-c3ccccn3)c(-c3cn(C4CC4)c4ccccc34)n2)c(OC)cc1N1CC2CN(C)CC2C1. The summed E-state index contributed by atoms with van der Waals surface area (Å²) in [5.41, 5.74) is 6.93. The number of rotatable bonds is 9. The van der Waals surface area contributed by atoms with Gasteiger partial charge in [0.1, 0.15) is 5.75 Å². The number of anilines is 4. The van der Waals surface area contributed by atoms with E-state index in [-0.39, 0.29) is 5.91 Å². The topological polar surface area (TPSA) is 100 Å². The highest BCUT2D eigenvalue weighted by molar-refractivity contribution is 6.02. The average molecular weight is 627 g/mol. The van der Waals surface area contributed by atoms with Crippen LogP contribution in [-0.4, -0.2) is 70.7 Å². The lowest BCUT2D eigenvalue weighted by Crippen LogP contribution is -2.27. The first-order chi connectivity index (χ1) is 23.0. The number of fused-ring (bicyclic) bond motifs is 2. The molecule has 238 valence electrons. The van der Waals surface area contributed by atoms with Crippen molar-refractivity contribution in [1.29, 1.82) is 0 Å². The first-order valence-electron chi connectivity index (χ1n) is 16.2. The Labute approximate surface area is 274 Å². The lowest BCUT2D eigenvalue weighted by atomic mass is 10.0. The number of nitrogens with zero attached hydrogens (tertiary/aromatic N) is 6. The molecule has 1 saturated carbocycles. The van der Waals surface area contributed by atoms with Gasteiger partial charge >= 0.3 is 0 Å². The Morgan fingerprint density at radius 1 is 0.979 bits per heavy atom. The fourth-order valence-corrected chi connectivity index (χ4v) is 7.33. The molecule has 2 aliphatic heterocycles. The summed E-state index contributed by atoms with van der Waals surface area (Å²) in [6.07, 6.45) is 9.49. The van der Waals surface area contributed by atoms with Crippen LogP contribution in [0.5, 0.6) is 5.75 Å². The quantitative estimate of drug-likeness (QED) is 0.182. The van der Waals surface area contributed by atoms with E-state index >= 15 is 0 Å². The lowest BCUT2D eigenvalue weighted by molar-refractivity contribution is -0.111. The normalized spacial score (nSPS) is 19.1. The van der Waals surface area contributed by atoms with Crippen molar-refractivity contribution in [2.24, 2.45) is 11.8 Å². The number of pyridine rings is 1. The number of likely N-dealkylation sites (tertiary alicyclic amines) is 1. The van der Waals surface area contributed by atoms with Crippen LogP contribution in [0.4, 0.5) is 23.0 Å². The average Bonchev–Trinajstić information content (AvgIpc) is 3.62. The third kappa shape index (κ3) is 5.48. The molecule has 1 aliphatic carbocycles. The molecule has 1 amide bonds. The molecule has 2 aromatic carbocycles. The molecule has 2 atom stereocenters. The Balaban J connectivity index is 1.21. The maximum Gasteiger partial charge on any atom is 0.247 e. The van der Waals surface area contributed by atoms with Crippen molar-refractivity contribution in [1.82, 2.24) is 24.4 Å². The second-order valence-corrected chi connectivity index (χ2v) is 12.9. The summed E-state index contributed by atoms with van der Waals surface area (Å²) in [7, 11) is 3.84. The molecule has 10 nitrogen and oxygen atoms in total. The zero-order chi connectivity index (χ0) is 32.1. The van der Waals surface area contributed by atoms with Gasteiger partial charge in [-0.05, 0) is 62.1 Å². The van der Waals surface area contributed by atoms with Crippen molar-refractivity contribution in [2.45, 2.75) is 18.9 Å². The predicted octanol–water partition coefficient (Wildman–Crippen LogP) is 6.37. The van der Waals surface area contributed by atoms with Gasteiger partial charge in [-0.2, -0.15) is 0 Å². The van der Waals surface area contributed by atoms with E-state index in [4.69, 9.17) is 14.7 Å². The van der Waals surface area contributed by atoms with Gasteiger partial charge in [-0.25, -0.2) is 9.97 Å². The molecular formula is C37H38N8O2. The Kier molecular flexibility index (Phi) is 7.37. The van der Waals surface area contributed by atoms with Crippen LogP contribution in [0.3, 0.4) is 0 Å². The number of carbonyl (C=O) groups is 1. The van der Waals surface area contributed by atoms with Crippen molar-refractivity contribution in [3.8, 4) is 28.3 Å². The molecule has 5 aromatic rings. The number of amides is 1. The zero-order valence-electron chi connectivity index (χ0n) is 26.7. The minimum absolute atomic E-state index is 0.271. The Morgan fingerprint density at radius 3 is 2.49 bits per heavy atom. The second kappa shape index (κ2) is 11.9. The van der Waals surface area contributed by atoms with E-state index in [9.17, 15) is 4.79 Å². The van der Waals surface area contributed by atoms with Crippen LogP contribution in [0.25, 0.3) is 33.4 Å². The largest absolute Gasteiger partial charge is 0.494 e. The van der Waals surface area contributed by atoms with Crippen LogP contribution >= 0.6 is 0 Å². The summed E-state index contributed by atoms with van der Waals surface area (Å²) in [6, 6.07) is 18.8. The van der Waals surface area contributed by atoms with Crippen LogP contribution in [0, 0.1) is 11.8 Å². The maximum atomic E-state index is 12.6. The molecule has 0 spiro atoms. The molecule has 0 radical (unpaired) electrons. The van der Waals surface area contributed by atoms with Crippen LogP contribution in [-0.2, 0) is 4.79 Å². The van der Waals surface area contributed by atoms with Gasteiger partial charge in [0.25, 0.3) is 0 Å². The van der Waals surface area contributed by atoms with E-state index in [2.05, 4.69) is 74.1 Å². The molecule has 47 heavy (non-hydrogen) atoms. The number of hydrogen-bond donors (Lipinski definition) is 2. The number of carbonyl (C=O) groups excluding carboxylic acids is 1. The van der Waals surface area contributed by atoms with Gasteiger partial charge in [-0.15, -0.1) is 0 Å². The number of hydrogen-bond acceptors (Lipinski definition) is 8. The van der Waals surface area contributed by atoms with E-state index in [0.717, 1.165) is 59.8 Å². The molecule has 8 rings (SSSR count). The number of ether oxygens (including phenoxy) is 1. The van der Waals surface area contributed by atoms with Gasteiger partial charge in [-0.1, -0.05) is 30.8 Å². The van der Waals surface area contributed by atoms with Gasteiger partial charge in [0.2, 0.25) is 11.9 Å². The van der Waals surface area contributed by atoms with Crippen LogP contribution in [0.2, 0.25) is 0 Å². The molecule has 10 heteroatoms. The van der Waals surface area contributed by atoms with Crippen LogP contribution in [0.15, 0.2) is 85.8 Å². The first-order valence-corrected chi connectivity index (χ1v) is 16.2. The van der Waals surface area contributed by atoms with Crippen molar-refractivity contribution in [3.05, 3.63) is 85.8 Å². The molecule has 3 aromatic heterocycles. The third-order valence-corrected chi connectivity index (χ3v) is 9.68. The van der Waals surface area contributed by atoms with Crippen molar-refractivity contribution >= 4 is 39.8 Å². The summed E-state index contributed by atoms with van der Waals surface area (Å²) < 4.78 is 8.30. The fraction of sp³-hybridized carbons (Fsp3) is 0.297. The number of methoxy groups -OCH3 is 1. The van der Waals surface area contributed by atoms with E-state index in [1.165, 1.54) is 24.4 Å². The van der Waals surface area contributed by atoms with Gasteiger partial charge < -0.3 is 29.7 Å². The minimum atomic E-state index is -0.271. The predicted molar refractivity (Wildman–Crippen MR) is 186 cm³/mol. The van der Waals surface area contributed by atoms with Crippen molar-refractivity contribution in [3.63, 3.8) is 0 Å². The Hall–Kier alpha value is -5.22. The Morgan fingerprint density at radius 2 is 1.77 bits per heavy atom. The van der Waals surface area contributed by atoms with E-state index in [1.807, 2.05) is 36.5 Å². The molecule has 0 bridgehead atoms. The molecule has 3 aliphatic rings. The summed E-state index contributed by atoms with van der Waals surface area (Å²) in [4.78, 5) is 31.9. The second-order valence-electron chi connectivity index (χ2n) is 12.9. The van der Waals surface area contributed by atoms with Gasteiger partial charge in [0, 0.05) is 78.9 Å². The molecule has 2 N–H and O–H groups in total. The number of nitrogens with one attached hydrogen (secondary N) is 2. The Bertz CT molecular complexity index is 1970. The summed E-state index contributed by atoms with van der Waals surface area (Å²) >= 11 is 0.